The van der Waals surface area contributed by atoms with E-state index in [4.69, 9.17) is 13.9 Å². The second-order valence-electron chi connectivity index (χ2n) is 5.74. The molecule has 0 bridgehead atoms. The summed E-state index contributed by atoms with van der Waals surface area (Å²) in [6, 6.07) is 7.69. The smallest absolute Gasteiger partial charge is 0.213 e. The highest BCUT2D eigenvalue weighted by Gasteiger charge is 2.21. The van der Waals surface area contributed by atoms with Crippen molar-refractivity contribution in [2.24, 2.45) is 0 Å². The minimum Gasteiger partial charge on any atom is -0.481 e. The Labute approximate surface area is 140 Å². The molecule has 1 unspecified atom stereocenters. The van der Waals surface area contributed by atoms with Crippen LogP contribution in [0.25, 0.3) is 17.3 Å². The van der Waals surface area contributed by atoms with E-state index in [1.807, 2.05) is 35.0 Å². The van der Waals surface area contributed by atoms with Crippen LogP contribution in [0.5, 0.6) is 5.88 Å². The number of nitrogens with zero attached hydrogens (tertiary/aromatic N) is 3. The Balaban J connectivity index is 1.63. The van der Waals surface area contributed by atoms with Crippen molar-refractivity contribution in [2.75, 3.05) is 13.7 Å². The van der Waals surface area contributed by atoms with E-state index in [1.54, 1.807) is 19.5 Å². The van der Waals surface area contributed by atoms with Gasteiger partial charge in [-0.3, -0.25) is 4.57 Å². The van der Waals surface area contributed by atoms with Crippen LogP contribution < -0.4 is 4.74 Å². The van der Waals surface area contributed by atoms with Crippen molar-refractivity contribution in [3.8, 4) is 23.2 Å². The van der Waals surface area contributed by atoms with Crippen molar-refractivity contribution in [3.05, 3.63) is 48.6 Å². The van der Waals surface area contributed by atoms with Gasteiger partial charge in [0, 0.05) is 25.1 Å². The van der Waals surface area contributed by atoms with Gasteiger partial charge in [-0.2, -0.15) is 0 Å². The van der Waals surface area contributed by atoms with Crippen molar-refractivity contribution >= 4 is 0 Å². The molecule has 0 saturated carbocycles. The maximum absolute atomic E-state index is 6.02. The summed E-state index contributed by atoms with van der Waals surface area (Å²) in [4.78, 5) is 8.68. The number of furan rings is 1. The zero-order valence-electron chi connectivity index (χ0n) is 13.5. The summed E-state index contributed by atoms with van der Waals surface area (Å²) in [5.74, 6) is 2.91. The quantitative estimate of drug-likeness (QED) is 0.730. The topological polar surface area (TPSA) is 62.3 Å². The highest BCUT2D eigenvalue weighted by Crippen LogP contribution is 2.32. The lowest BCUT2D eigenvalue weighted by atomic mass is 10.1. The van der Waals surface area contributed by atoms with Gasteiger partial charge in [-0.25, -0.2) is 9.97 Å². The van der Waals surface area contributed by atoms with Gasteiger partial charge in [0.15, 0.2) is 11.6 Å². The van der Waals surface area contributed by atoms with Gasteiger partial charge in [0.25, 0.3) is 0 Å². The molecule has 1 aliphatic heterocycles. The molecule has 6 heteroatoms. The Morgan fingerprint density at radius 3 is 2.88 bits per heavy atom. The zero-order valence-corrected chi connectivity index (χ0v) is 13.5. The third kappa shape index (κ3) is 2.80. The first-order chi connectivity index (χ1) is 11.8. The molecule has 0 spiro atoms. The molecule has 1 saturated heterocycles. The number of hydrogen-bond acceptors (Lipinski definition) is 5. The van der Waals surface area contributed by atoms with Crippen LogP contribution in [0.1, 0.15) is 31.1 Å². The standard InChI is InChI=1S/C18H19N3O3/c1-22-17-8-5-13(12-20-17)21-10-9-19-18(21)16-7-6-15(24-16)14-4-2-3-11-23-14/h5-10,12,14H,2-4,11H2,1H3. The summed E-state index contributed by atoms with van der Waals surface area (Å²) in [5.41, 5.74) is 0.898. The van der Waals surface area contributed by atoms with Crippen molar-refractivity contribution in [1.82, 2.24) is 14.5 Å². The number of pyridine rings is 1. The van der Waals surface area contributed by atoms with Gasteiger partial charge in [0.1, 0.15) is 11.9 Å². The first kappa shape index (κ1) is 15.0. The average molecular weight is 325 g/mol. The minimum atomic E-state index is 0.0542. The number of rotatable bonds is 4. The van der Waals surface area contributed by atoms with E-state index in [0.29, 0.717) is 5.88 Å². The molecule has 0 aromatic carbocycles. The first-order valence-corrected chi connectivity index (χ1v) is 8.10. The molecule has 1 aliphatic rings. The van der Waals surface area contributed by atoms with Gasteiger partial charge in [-0.05, 0) is 37.5 Å². The fourth-order valence-corrected chi connectivity index (χ4v) is 2.94. The molecule has 0 radical (unpaired) electrons. The molecule has 0 N–H and O–H groups in total. The third-order valence-electron chi connectivity index (χ3n) is 4.19. The summed E-state index contributed by atoms with van der Waals surface area (Å²) >= 11 is 0. The summed E-state index contributed by atoms with van der Waals surface area (Å²) in [6.45, 7) is 0.798. The predicted molar refractivity (Wildman–Crippen MR) is 88.2 cm³/mol. The number of hydrogen-bond donors (Lipinski definition) is 0. The Morgan fingerprint density at radius 2 is 2.12 bits per heavy atom. The Morgan fingerprint density at radius 1 is 1.17 bits per heavy atom. The summed E-state index contributed by atoms with van der Waals surface area (Å²) < 4.78 is 18.9. The molecule has 24 heavy (non-hydrogen) atoms. The van der Waals surface area contributed by atoms with Gasteiger partial charge in [-0.1, -0.05) is 0 Å². The van der Waals surface area contributed by atoms with Gasteiger partial charge in [0.2, 0.25) is 5.88 Å². The van der Waals surface area contributed by atoms with Crippen LogP contribution in [0.3, 0.4) is 0 Å². The Bertz CT molecular complexity index is 801. The lowest BCUT2D eigenvalue weighted by Gasteiger charge is -2.20. The molecule has 4 heterocycles. The van der Waals surface area contributed by atoms with E-state index in [1.165, 1.54) is 6.42 Å². The Kier molecular flexibility index (Phi) is 4.04. The number of imidazole rings is 1. The predicted octanol–water partition coefficient (Wildman–Crippen LogP) is 3.78. The highest BCUT2D eigenvalue weighted by molar-refractivity contribution is 5.52. The zero-order chi connectivity index (χ0) is 16.4. The number of aromatic nitrogens is 3. The average Bonchev–Trinajstić information content (AvgIpc) is 3.32. The minimum absolute atomic E-state index is 0.0542. The van der Waals surface area contributed by atoms with Gasteiger partial charge in [0.05, 0.1) is 19.0 Å². The van der Waals surface area contributed by atoms with E-state index in [2.05, 4.69) is 9.97 Å². The van der Waals surface area contributed by atoms with Crippen LogP contribution in [0.2, 0.25) is 0 Å². The fraction of sp³-hybridized carbons (Fsp3) is 0.333. The van der Waals surface area contributed by atoms with Gasteiger partial charge in [-0.15, -0.1) is 0 Å². The maximum Gasteiger partial charge on any atom is 0.213 e. The molecule has 1 atom stereocenters. The molecule has 4 rings (SSSR count). The van der Waals surface area contributed by atoms with Crippen LogP contribution in [0.4, 0.5) is 0 Å². The van der Waals surface area contributed by atoms with Crippen LogP contribution in [0, 0.1) is 0 Å². The summed E-state index contributed by atoms with van der Waals surface area (Å²) in [5, 5.41) is 0. The normalized spacial score (nSPS) is 17.8. The highest BCUT2D eigenvalue weighted by atomic mass is 16.5. The van der Waals surface area contributed by atoms with Crippen molar-refractivity contribution in [3.63, 3.8) is 0 Å². The lowest BCUT2D eigenvalue weighted by molar-refractivity contribution is 0.00219. The van der Waals surface area contributed by atoms with E-state index in [9.17, 15) is 0 Å². The molecule has 3 aromatic heterocycles. The largest absolute Gasteiger partial charge is 0.481 e. The summed E-state index contributed by atoms with van der Waals surface area (Å²) in [6.07, 6.45) is 8.74. The SMILES string of the molecule is COc1ccc(-n2ccnc2-c2ccc(C3CCCCO3)o2)cn1. The first-order valence-electron chi connectivity index (χ1n) is 8.10. The molecule has 6 nitrogen and oxygen atoms in total. The molecule has 3 aromatic rings. The molecular formula is C18H19N3O3. The maximum atomic E-state index is 6.02. The van der Waals surface area contributed by atoms with E-state index >= 15 is 0 Å². The third-order valence-corrected chi connectivity index (χ3v) is 4.19. The molecule has 0 aliphatic carbocycles. The van der Waals surface area contributed by atoms with Crippen molar-refractivity contribution in [1.29, 1.82) is 0 Å². The van der Waals surface area contributed by atoms with Crippen LogP contribution in [-0.2, 0) is 4.74 Å². The molecule has 1 fully saturated rings. The molecule has 0 amide bonds. The summed E-state index contributed by atoms with van der Waals surface area (Å²) in [7, 11) is 1.60. The second kappa shape index (κ2) is 6.49. The fourth-order valence-electron chi connectivity index (χ4n) is 2.94. The van der Waals surface area contributed by atoms with E-state index in [-0.39, 0.29) is 6.10 Å². The lowest BCUT2D eigenvalue weighted by Crippen LogP contribution is -2.10. The van der Waals surface area contributed by atoms with Gasteiger partial charge < -0.3 is 13.9 Å². The van der Waals surface area contributed by atoms with Crippen LogP contribution in [0.15, 0.2) is 47.3 Å². The monoisotopic (exact) mass is 325 g/mol. The molecule has 124 valence electrons. The Hall–Kier alpha value is -2.60. The molecular weight excluding hydrogens is 306 g/mol. The van der Waals surface area contributed by atoms with Crippen molar-refractivity contribution < 1.29 is 13.9 Å². The van der Waals surface area contributed by atoms with E-state index < -0.39 is 0 Å². The van der Waals surface area contributed by atoms with Crippen LogP contribution >= 0.6 is 0 Å². The number of methoxy groups -OCH3 is 1. The number of ether oxygens (including phenoxy) is 2. The van der Waals surface area contributed by atoms with Gasteiger partial charge >= 0.3 is 0 Å². The van der Waals surface area contributed by atoms with E-state index in [0.717, 1.165) is 42.5 Å². The second-order valence-corrected chi connectivity index (χ2v) is 5.74. The van der Waals surface area contributed by atoms with Crippen LogP contribution in [-0.4, -0.2) is 28.3 Å². The van der Waals surface area contributed by atoms with Crippen molar-refractivity contribution in [2.45, 2.75) is 25.4 Å².